The van der Waals surface area contributed by atoms with E-state index in [1.807, 2.05) is 30.3 Å². The summed E-state index contributed by atoms with van der Waals surface area (Å²) in [5, 5.41) is 2.45. The Kier molecular flexibility index (Phi) is 9.13. The fourth-order valence-electron chi connectivity index (χ4n) is 2.66. The molecule has 0 aromatic heterocycles. The zero-order chi connectivity index (χ0) is 20.7. The van der Waals surface area contributed by atoms with E-state index < -0.39 is 17.6 Å². The molecule has 29 heavy (non-hydrogen) atoms. The summed E-state index contributed by atoms with van der Waals surface area (Å²) in [6.07, 6.45) is -4.58. The van der Waals surface area contributed by atoms with Crippen molar-refractivity contribution in [2.75, 3.05) is 11.9 Å². The van der Waals surface area contributed by atoms with E-state index >= 15 is 0 Å². The largest absolute Gasteiger partial charge is 0.416 e. The van der Waals surface area contributed by atoms with E-state index in [0.717, 1.165) is 17.7 Å². The van der Waals surface area contributed by atoms with Crippen molar-refractivity contribution in [2.45, 2.75) is 32.6 Å². The molecule has 0 aliphatic rings. The molecule has 0 radical (unpaired) electrons. The summed E-state index contributed by atoms with van der Waals surface area (Å²) in [5.74, 6) is -0.678. The smallest absolute Gasteiger partial charge is 0.338 e. The summed E-state index contributed by atoms with van der Waals surface area (Å²) in [6.45, 7) is 1.83. The van der Waals surface area contributed by atoms with Gasteiger partial charge in [0.05, 0.1) is 5.56 Å². The van der Waals surface area contributed by atoms with Gasteiger partial charge in [0.2, 0.25) is 11.8 Å². The number of hydrogen-bond acceptors (Lipinski definition) is 3. The van der Waals surface area contributed by atoms with Crippen molar-refractivity contribution in [3.05, 3.63) is 65.2 Å². The highest BCUT2D eigenvalue weighted by Crippen LogP contribution is 2.32. The number of benzene rings is 2. The minimum atomic E-state index is -4.54. The molecule has 0 fully saturated rings. The van der Waals surface area contributed by atoms with E-state index in [2.05, 4.69) is 5.32 Å². The Hall–Kier alpha value is -2.58. The molecule has 0 atom stereocenters. The second-order valence-corrected chi connectivity index (χ2v) is 6.34. The summed E-state index contributed by atoms with van der Waals surface area (Å²) in [5.41, 5.74) is 5.78. The first-order chi connectivity index (χ1) is 13.2. The summed E-state index contributed by atoms with van der Waals surface area (Å²) in [4.78, 5) is 25.5. The van der Waals surface area contributed by atoms with E-state index in [0.29, 0.717) is 6.54 Å². The average molecular weight is 430 g/mol. The van der Waals surface area contributed by atoms with Gasteiger partial charge < -0.3 is 16.0 Å². The number of hydrogen-bond donors (Lipinski definition) is 2. The Labute approximate surface area is 173 Å². The van der Waals surface area contributed by atoms with Crippen molar-refractivity contribution in [1.82, 2.24) is 4.90 Å². The lowest BCUT2D eigenvalue weighted by molar-refractivity contribution is -0.137. The molecule has 158 valence electrons. The molecule has 0 aliphatic heterocycles. The van der Waals surface area contributed by atoms with Crippen molar-refractivity contribution >= 4 is 29.9 Å². The first-order valence-corrected chi connectivity index (χ1v) is 8.69. The fourth-order valence-corrected chi connectivity index (χ4v) is 2.66. The van der Waals surface area contributed by atoms with Gasteiger partial charge in [-0.25, -0.2) is 0 Å². The number of alkyl halides is 3. The van der Waals surface area contributed by atoms with Gasteiger partial charge in [0.15, 0.2) is 0 Å². The van der Waals surface area contributed by atoms with Crippen LogP contribution >= 0.6 is 12.4 Å². The molecule has 0 heterocycles. The summed E-state index contributed by atoms with van der Waals surface area (Å²) < 4.78 is 38.9. The van der Waals surface area contributed by atoms with Crippen LogP contribution in [0.25, 0.3) is 0 Å². The maximum absolute atomic E-state index is 13.0. The first-order valence-electron chi connectivity index (χ1n) is 8.69. The zero-order valence-corrected chi connectivity index (χ0v) is 16.6. The van der Waals surface area contributed by atoms with Crippen LogP contribution in [0.15, 0.2) is 48.5 Å². The van der Waals surface area contributed by atoms with Crippen LogP contribution in [0.5, 0.6) is 0 Å². The number of rotatable bonds is 7. The lowest BCUT2D eigenvalue weighted by atomic mass is 10.1. The van der Waals surface area contributed by atoms with E-state index in [-0.39, 0.29) is 49.1 Å². The van der Waals surface area contributed by atoms with Gasteiger partial charge in [-0.2, -0.15) is 13.2 Å². The van der Waals surface area contributed by atoms with Crippen LogP contribution in [0.4, 0.5) is 18.9 Å². The minimum Gasteiger partial charge on any atom is -0.338 e. The number of nitrogens with zero attached hydrogens (tertiary/aromatic N) is 1. The average Bonchev–Trinajstić information content (AvgIpc) is 2.64. The van der Waals surface area contributed by atoms with Gasteiger partial charge in [0.25, 0.3) is 0 Å². The SMILES string of the molecule is CC(=O)N(CCC(=O)Nc1cc(CN)cc(C(F)(F)F)c1)Cc1ccccc1.Cl. The van der Waals surface area contributed by atoms with Crippen molar-refractivity contribution in [1.29, 1.82) is 0 Å². The molecule has 2 rings (SSSR count). The summed E-state index contributed by atoms with van der Waals surface area (Å²) in [6, 6.07) is 12.5. The molecule has 2 aromatic carbocycles. The minimum absolute atomic E-state index is 0. The Morgan fingerprint density at radius 1 is 1.07 bits per heavy atom. The molecule has 0 aliphatic carbocycles. The molecule has 2 aromatic rings. The topological polar surface area (TPSA) is 75.4 Å². The Morgan fingerprint density at radius 3 is 2.28 bits per heavy atom. The summed E-state index contributed by atoms with van der Waals surface area (Å²) in [7, 11) is 0. The number of amides is 2. The van der Waals surface area contributed by atoms with E-state index in [1.165, 1.54) is 17.9 Å². The van der Waals surface area contributed by atoms with Gasteiger partial charge >= 0.3 is 6.18 Å². The van der Waals surface area contributed by atoms with Crippen LogP contribution < -0.4 is 11.1 Å². The maximum Gasteiger partial charge on any atom is 0.416 e. The zero-order valence-electron chi connectivity index (χ0n) is 15.8. The highest BCUT2D eigenvalue weighted by molar-refractivity contribution is 5.91. The number of carbonyl (C=O) groups is 2. The third-order valence-corrected chi connectivity index (χ3v) is 4.11. The Bertz CT molecular complexity index is 829. The Balaban J connectivity index is 0.00000420. The van der Waals surface area contributed by atoms with Crippen LogP contribution in [-0.2, 0) is 28.9 Å². The van der Waals surface area contributed by atoms with Crippen molar-refractivity contribution < 1.29 is 22.8 Å². The van der Waals surface area contributed by atoms with Gasteiger partial charge in [-0.3, -0.25) is 9.59 Å². The van der Waals surface area contributed by atoms with E-state index in [9.17, 15) is 22.8 Å². The summed E-state index contributed by atoms with van der Waals surface area (Å²) >= 11 is 0. The van der Waals surface area contributed by atoms with Crippen LogP contribution in [0.1, 0.15) is 30.0 Å². The highest BCUT2D eigenvalue weighted by atomic mass is 35.5. The molecule has 0 bridgehead atoms. The predicted molar refractivity (Wildman–Crippen MR) is 107 cm³/mol. The molecule has 3 N–H and O–H groups in total. The number of anilines is 1. The van der Waals surface area contributed by atoms with Gasteiger partial charge in [-0.05, 0) is 29.3 Å². The van der Waals surface area contributed by atoms with E-state index in [1.54, 1.807) is 0 Å². The number of nitrogens with one attached hydrogen (secondary N) is 1. The van der Waals surface area contributed by atoms with Crippen molar-refractivity contribution in [3.8, 4) is 0 Å². The van der Waals surface area contributed by atoms with E-state index in [4.69, 9.17) is 5.73 Å². The van der Waals surface area contributed by atoms with Gasteiger partial charge in [0.1, 0.15) is 0 Å². The lowest BCUT2D eigenvalue weighted by Gasteiger charge is -2.21. The normalized spacial score (nSPS) is 10.8. The molecular weight excluding hydrogens is 407 g/mol. The van der Waals surface area contributed by atoms with Crippen molar-refractivity contribution in [2.24, 2.45) is 5.73 Å². The number of halogens is 4. The molecule has 0 spiro atoms. The Morgan fingerprint density at radius 2 is 1.72 bits per heavy atom. The second kappa shape index (κ2) is 10.8. The third kappa shape index (κ3) is 7.75. The molecule has 0 unspecified atom stereocenters. The predicted octanol–water partition coefficient (Wildman–Crippen LogP) is 3.96. The molecular formula is C20H23ClF3N3O2. The molecule has 5 nitrogen and oxygen atoms in total. The monoisotopic (exact) mass is 429 g/mol. The van der Waals surface area contributed by atoms with Crippen LogP contribution in [0.3, 0.4) is 0 Å². The first kappa shape index (κ1) is 24.5. The third-order valence-electron chi connectivity index (χ3n) is 4.11. The standard InChI is InChI=1S/C20H22F3N3O2.ClH/c1-14(27)26(13-15-5-3-2-4-6-15)8-7-19(28)25-18-10-16(12-24)9-17(11-18)20(21,22)23;/h2-6,9-11H,7-8,12-13,24H2,1H3,(H,25,28);1H. The van der Waals surface area contributed by atoms with Gasteiger partial charge in [0, 0.05) is 38.7 Å². The molecule has 0 saturated carbocycles. The van der Waals surface area contributed by atoms with Crippen LogP contribution in [0, 0.1) is 0 Å². The quantitative estimate of drug-likeness (QED) is 0.699. The molecule has 2 amide bonds. The number of nitrogens with two attached hydrogens (primary N) is 1. The van der Waals surface area contributed by atoms with Crippen molar-refractivity contribution in [3.63, 3.8) is 0 Å². The fraction of sp³-hybridized carbons (Fsp3) is 0.300. The molecule has 9 heteroatoms. The lowest BCUT2D eigenvalue weighted by Crippen LogP contribution is -2.31. The van der Waals surface area contributed by atoms with Gasteiger partial charge in [-0.15, -0.1) is 12.4 Å². The highest BCUT2D eigenvalue weighted by Gasteiger charge is 2.31. The second-order valence-electron chi connectivity index (χ2n) is 6.34. The van der Waals surface area contributed by atoms with Crippen LogP contribution in [-0.4, -0.2) is 23.3 Å². The maximum atomic E-state index is 13.0. The van der Waals surface area contributed by atoms with Gasteiger partial charge in [-0.1, -0.05) is 30.3 Å². The van der Waals surface area contributed by atoms with Crippen LogP contribution in [0.2, 0.25) is 0 Å². The number of carbonyl (C=O) groups excluding carboxylic acids is 2. The molecule has 0 saturated heterocycles.